The zero-order chi connectivity index (χ0) is 66.4. The van der Waals surface area contributed by atoms with E-state index in [-0.39, 0.29) is 45.9 Å². The molecule has 12 N–H and O–H groups in total. The van der Waals surface area contributed by atoms with Crippen molar-refractivity contribution in [1.82, 2.24) is 19.9 Å². The molecule has 0 radical (unpaired) electrons. The Morgan fingerprint density at radius 3 is 1.19 bits per heavy atom. The van der Waals surface area contributed by atoms with Crippen molar-refractivity contribution in [3.05, 3.63) is 150 Å². The number of carbonyl (C=O) groups is 4. The van der Waals surface area contributed by atoms with Crippen LogP contribution in [0.15, 0.2) is 71.2 Å². The van der Waals surface area contributed by atoms with Crippen molar-refractivity contribution in [2.45, 2.75) is 6.18 Å². The fraction of sp³-hybridized carbons (Fsp3) is 0.111. The minimum absolute atomic E-state index is 0.0693. The van der Waals surface area contributed by atoms with E-state index in [1.165, 1.54) is 26.4 Å². The van der Waals surface area contributed by atoms with Crippen LogP contribution in [0.2, 0.25) is 0 Å². The van der Waals surface area contributed by atoms with Gasteiger partial charge in [-0.1, -0.05) is 12.1 Å². The molecule has 9 rings (SSSR count). The molecule has 468 valence electrons. The van der Waals surface area contributed by atoms with E-state index in [1.54, 1.807) is 30.3 Å². The number of benzene rings is 4. The van der Waals surface area contributed by atoms with Gasteiger partial charge in [0.15, 0.2) is 104 Å². The topological polar surface area (TPSA) is 360 Å². The molecule has 1 aliphatic rings. The van der Waals surface area contributed by atoms with E-state index in [1.807, 2.05) is 0 Å². The molecule has 0 saturated carbocycles. The monoisotopic (exact) mass is 1440 g/mol. The van der Waals surface area contributed by atoms with Crippen molar-refractivity contribution in [2.24, 2.45) is 0 Å². The number of halogens is 13. The average Bonchev–Trinajstić information content (AvgIpc) is 2.73. The summed E-state index contributed by atoms with van der Waals surface area (Å²) in [6.45, 7) is 0.0693. The van der Waals surface area contributed by atoms with Crippen LogP contribution in [0, 0.1) is 50.1 Å². The third-order valence-electron chi connectivity index (χ3n) is 11.8. The number of anilines is 4. The van der Waals surface area contributed by atoms with Crippen molar-refractivity contribution >= 4 is 85.1 Å². The summed E-state index contributed by atoms with van der Waals surface area (Å²) in [6.07, 6.45) is -5.18. The van der Waals surface area contributed by atoms with Gasteiger partial charge in [0.1, 0.15) is 45.5 Å². The fourth-order valence-electron chi connectivity index (χ4n) is 7.72. The first kappa shape index (κ1) is 67.9. The number of nitrogen functional groups attached to an aromatic ring is 4. The standard InChI is InChI=1S/C14H8F6N2O3.C14H11FN2O5.C13H8BrF3N2O3.C13H10FIN2O3/c1-25-12-9(21)8(17)10(22-11(12)13(23)24)4-2-3-5(14(18,19)20)7(16)6(4)15;1-20-13-10(16)9(15)11(17-12(13)14(18)19)6-2-3-7-8(4-6)22-5-21-7;1-22-12-9(18)8(17)10(19-11(12)13(20)21)4-2-3-5(14)7(16)6(4)15;1-20-12-9(16)8(14)10(17-11(12)13(18)19)6-2-4-7(15)5-3-6/h2-3H,1H3,(H2,21,22)(H,23,24);2-4H,5H2,1H3,(H2,16,17)(H,18,19);2-3H,1H3,(H2,18,19)(H,20,21);2-5H,1H3,(H2,16,17)(H,18,19). The van der Waals surface area contributed by atoms with E-state index in [9.17, 15) is 72.6 Å². The molecule has 4 aromatic heterocycles. The van der Waals surface area contributed by atoms with Crippen LogP contribution < -0.4 is 51.4 Å². The molecule has 1 aliphatic heterocycles. The van der Waals surface area contributed by atoms with E-state index >= 15 is 0 Å². The van der Waals surface area contributed by atoms with Crippen LogP contribution in [0.25, 0.3) is 45.0 Å². The van der Waals surface area contributed by atoms with Crippen molar-refractivity contribution in [1.29, 1.82) is 0 Å². The van der Waals surface area contributed by atoms with Crippen molar-refractivity contribution in [3.63, 3.8) is 0 Å². The summed E-state index contributed by atoms with van der Waals surface area (Å²) >= 11 is 4.89. The number of alkyl halides is 3. The molecule has 0 unspecified atom stereocenters. The highest BCUT2D eigenvalue weighted by Crippen LogP contribution is 2.42. The first-order chi connectivity index (χ1) is 41.8. The number of rotatable bonds is 12. The van der Waals surface area contributed by atoms with Crippen LogP contribution in [0.4, 0.5) is 71.0 Å². The molecule has 0 fully saturated rings. The van der Waals surface area contributed by atoms with E-state index in [0.29, 0.717) is 28.7 Å². The van der Waals surface area contributed by atoms with Crippen LogP contribution in [0.3, 0.4) is 0 Å². The second kappa shape index (κ2) is 27.7. The average molecular weight is 1440 g/mol. The molecule has 0 atom stereocenters. The molecular formula is C54H37BrF11IN8O14. The number of hydrogen-bond donors (Lipinski definition) is 8. The minimum Gasteiger partial charge on any atom is -0.492 e. The van der Waals surface area contributed by atoms with Gasteiger partial charge in [0.2, 0.25) is 6.79 Å². The summed E-state index contributed by atoms with van der Waals surface area (Å²) in [5.74, 6) is -18.1. The molecular weight excluding hydrogens is 1400 g/mol. The number of aromatic carboxylic acids is 4. The van der Waals surface area contributed by atoms with Crippen LogP contribution >= 0.6 is 38.5 Å². The Morgan fingerprint density at radius 2 is 0.809 bits per heavy atom. The molecule has 89 heavy (non-hydrogen) atoms. The number of pyridine rings is 4. The summed E-state index contributed by atoms with van der Waals surface area (Å²) < 4.78 is 180. The highest BCUT2D eigenvalue weighted by atomic mass is 127. The van der Waals surface area contributed by atoms with Crippen LogP contribution in [-0.2, 0) is 6.18 Å². The molecule has 5 heterocycles. The predicted octanol–water partition coefficient (Wildman–Crippen LogP) is 11.4. The largest absolute Gasteiger partial charge is 0.492 e. The van der Waals surface area contributed by atoms with Gasteiger partial charge in [-0.25, -0.2) is 74.2 Å². The van der Waals surface area contributed by atoms with Gasteiger partial charge >= 0.3 is 30.1 Å². The number of nitrogens with zero attached hydrogens (tertiary/aromatic N) is 4. The number of hydrogen-bond acceptors (Lipinski definition) is 18. The maximum absolute atomic E-state index is 14.4. The molecule has 0 amide bonds. The van der Waals surface area contributed by atoms with Gasteiger partial charge < -0.3 is 71.8 Å². The third kappa shape index (κ3) is 14.0. The highest BCUT2D eigenvalue weighted by Gasteiger charge is 2.37. The second-order valence-corrected chi connectivity index (χ2v) is 19.2. The molecule has 22 nitrogen and oxygen atoms in total. The van der Waals surface area contributed by atoms with Gasteiger partial charge in [0.05, 0.1) is 38.5 Å². The summed E-state index contributed by atoms with van der Waals surface area (Å²) in [6, 6.07) is 14.2. The first-order valence-corrected chi connectivity index (χ1v) is 25.5. The Bertz CT molecular complexity index is 4160. The number of methoxy groups -OCH3 is 4. The summed E-state index contributed by atoms with van der Waals surface area (Å²) in [4.78, 5) is 59.1. The second-order valence-electron chi connectivity index (χ2n) is 17.1. The van der Waals surface area contributed by atoms with Crippen LogP contribution in [0.1, 0.15) is 47.5 Å². The number of aromatic nitrogens is 4. The van der Waals surface area contributed by atoms with Gasteiger partial charge in [-0.2, -0.15) is 13.2 Å². The quantitative estimate of drug-likeness (QED) is 0.0320. The molecule has 0 saturated heterocycles. The zero-order valence-corrected chi connectivity index (χ0v) is 48.7. The highest BCUT2D eigenvalue weighted by molar-refractivity contribution is 14.1. The lowest BCUT2D eigenvalue weighted by Gasteiger charge is -2.14. The summed E-state index contributed by atoms with van der Waals surface area (Å²) in [5, 5.41) is 36.4. The molecule has 0 spiro atoms. The Balaban J connectivity index is 0.000000190. The normalized spacial score (nSPS) is 11.2. The van der Waals surface area contributed by atoms with Gasteiger partial charge in [-0.05, 0) is 93.1 Å². The van der Waals surface area contributed by atoms with Crippen molar-refractivity contribution in [3.8, 4) is 79.5 Å². The molecule has 0 aliphatic carbocycles. The van der Waals surface area contributed by atoms with Crippen LogP contribution in [-0.4, -0.2) is 99.5 Å². The van der Waals surface area contributed by atoms with E-state index in [4.69, 9.17) is 61.9 Å². The first-order valence-electron chi connectivity index (χ1n) is 23.7. The Labute approximate surface area is 512 Å². The lowest BCUT2D eigenvalue weighted by molar-refractivity contribution is -0.140. The van der Waals surface area contributed by atoms with Gasteiger partial charge in [-0.3, -0.25) is 0 Å². The lowest BCUT2D eigenvalue weighted by atomic mass is 10.0. The number of carboxylic acids is 4. The molecule has 35 heteroatoms. The SMILES string of the molecule is COc1c(C(=O)O)nc(-c2ccc(Br)c(F)c2F)c(F)c1N.COc1c(C(=O)O)nc(-c2ccc(C(F)(F)F)c(F)c2F)c(F)c1N.COc1c(C(=O)O)nc(-c2ccc(I)cc2)c(F)c1N.COc1c(C(=O)O)nc(-c2ccc3c(c2)OCO3)c(F)c1N. The summed E-state index contributed by atoms with van der Waals surface area (Å²) in [5.41, 5.74) is 12.4. The maximum Gasteiger partial charge on any atom is 0.419 e. The Morgan fingerprint density at radius 1 is 0.472 bits per heavy atom. The van der Waals surface area contributed by atoms with E-state index < -0.39 is 156 Å². The smallest absolute Gasteiger partial charge is 0.419 e. The predicted molar refractivity (Wildman–Crippen MR) is 302 cm³/mol. The van der Waals surface area contributed by atoms with Crippen molar-refractivity contribution < 1.29 is 116 Å². The van der Waals surface area contributed by atoms with E-state index in [0.717, 1.165) is 29.9 Å². The fourth-order valence-corrected chi connectivity index (χ4v) is 8.39. The summed E-state index contributed by atoms with van der Waals surface area (Å²) in [7, 11) is 4.46. The molecule has 8 aromatic rings. The lowest BCUT2D eigenvalue weighted by Crippen LogP contribution is -2.13. The Hall–Kier alpha value is -10.2. The van der Waals surface area contributed by atoms with E-state index in [2.05, 4.69) is 63.2 Å². The number of carboxylic acid groups (broad SMARTS) is 4. The maximum atomic E-state index is 14.4. The van der Waals surface area contributed by atoms with Gasteiger partial charge in [0, 0.05) is 25.8 Å². The number of fused-ring (bicyclic) bond motifs is 1. The van der Waals surface area contributed by atoms with Crippen molar-refractivity contribution in [2.75, 3.05) is 58.2 Å². The molecule has 0 bridgehead atoms. The minimum atomic E-state index is -5.18. The Kier molecular flexibility index (Phi) is 21.1. The third-order valence-corrected chi connectivity index (χ3v) is 13.2. The van der Waals surface area contributed by atoms with Gasteiger partial charge in [-0.15, -0.1) is 0 Å². The number of ether oxygens (including phenoxy) is 6. The van der Waals surface area contributed by atoms with Gasteiger partial charge in [0.25, 0.3) is 0 Å². The molecule has 4 aromatic carbocycles. The number of nitrogens with two attached hydrogens (primary N) is 4. The van der Waals surface area contributed by atoms with Crippen LogP contribution in [0.5, 0.6) is 34.5 Å². The zero-order valence-electron chi connectivity index (χ0n) is 44.9.